The quantitative estimate of drug-likeness (QED) is 0.642. The topological polar surface area (TPSA) is 0 Å². The van der Waals surface area contributed by atoms with Crippen molar-refractivity contribution in [3.63, 3.8) is 0 Å². The molecule has 0 unspecified atom stereocenters. The van der Waals surface area contributed by atoms with Gasteiger partial charge in [-0.1, -0.05) is 0 Å². The van der Waals surface area contributed by atoms with Gasteiger partial charge in [-0.15, -0.1) is 37.2 Å². The van der Waals surface area contributed by atoms with E-state index in [0.29, 0.717) is 0 Å². The van der Waals surface area contributed by atoms with Crippen LogP contribution in [0.3, 0.4) is 0 Å². The summed E-state index contributed by atoms with van der Waals surface area (Å²) in [7, 11) is 0. The average Bonchev–Trinajstić information content (AvgIpc) is 1.38. The van der Waals surface area contributed by atoms with Crippen molar-refractivity contribution in [3.8, 4) is 0 Å². The number of rotatable bonds is 1. The van der Waals surface area contributed by atoms with Crippen molar-refractivity contribution < 1.29 is 24.4 Å². The predicted octanol–water partition coefficient (Wildman–Crippen LogP) is 2.87. The van der Waals surface area contributed by atoms with E-state index in [9.17, 15) is 0 Å². The third-order valence-electron chi connectivity index (χ3n) is 0.408. The first-order valence-corrected chi connectivity index (χ1v) is 4.46. The molecule has 0 heterocycles. The molecule has 0 radical (unpaired) electrons. The van der Waals surface area contributed by atoms with Crippen molar-refractivity contribution in [3.05, 3.63) is 0 Å². The Morgan fingerprint density at radius 3 is 1.25 bits per heavy atom. The predicted molar refractivity (Wildman–Crippen MR) is 41.4 cm³/mol. The van der Waals surface area contributed by atoms with E-state index >= 15 is 0 Å². The molecule has 0 aliphatic carbocycles. The van der Waals surface area contributed by atoms with Crippen LogP contribution in [0.15, 0.2) is 0 Å². The van der Waals surface area contributed by atoms with Crippen LogP contribution < -0.4 is 0 Å². The number of hydrogen-bond donors (Lipinski definition) is 0. The normalized spacial score (nSPS) is 5.75. The molecule has 0 aliphatic heterocycles. The van der Waals surface area contributed by atoms with E-state index < -0.39 is 0 Å². The van der Waals surface area contributed by atoms with Gasteiger partial charge in [0.15, 0.2) is 0 Å². The molecule has 0 aromatic heterocycles. The van der Waals surface area contributed by atoms with Crippen LogP contribution in [0.1, 0.15) is 13.8 Å². The Hall–Kier alpha value is 1.74. The zero-order valence-electron chi connectivity index (χ0n) is 5.01. The summed E-state index contributed by atoms with van der Waals surface area (Å²) in [6.07, 6.45) is 0. The van der Waals surface area contributed by atoms with Gasteiger partial charge >= 0.3 is 48.3 Å². The SMILES string of the molecule is CC(C)[CH2][Hf].Cl.Cl.Cl. The minimum atomic E-state index is 0. The van der Waals surface area contributed by atoms with Crippen molar-refractivity contribution in [2.24, 2.45) is 5.92 Å². The second-order valence-electron chi connectivity index (χ2n) is 1.60. The van der Waals surface area contributed by atoms with Gasteiger partial charge in [0.1, 0.15) is 0 Å². The maximum Gasteiger partial charge on any atom is -0.147 e. The Morgan fingerprint density at radius 1 is 1.12 bits per heavy atom. The van der Waals surface area contributed by atoms with Gasteiger partial charge in [0, 0.05) is 0 Å². The maximum absolute atomic E-state index is 2.26. The van der Waals surface area contributed by atoms with E-state index in [4.69, 9.17) is 0 Å². The molecular formula is C4H12Cl3Hf. The summed E-state index contributed by atoms with van der Waals surface area (Å²) in [6.45, 7) is 4.51. The molecule has 0 bridgehead atoms. The van der Waals surface area contributed by atoms with E-state index in [1.807, 2.05) is 0 Å². The molecule has 0 spiro atoms. The standard InChI is InChI=1S/C4H9.3ClH.Hf/c1-4(2)3;;;;/h4H,1H2,2-3H3;3*1H;. The van der Waals surface area contributed by atoms with Crippen molar-refractivity contribution in [2.75, 3.05) is 0 Å². The largest absolute Gasteiger partial charge is 0.147 e. The van der Waals surface area contributed by atoms with Crippen LogP contribution >= 0.6 is 37.2 Å². The third kappa shape index (κ3) is 25.1. The van der Waals surface area contributed by atoms with Gasteiger partial charge in [0.05, 0.1) is 0 Å². The molecule has 0 aliphatic rings. The van der Waals surface area contributed by atoms with E-state index in [-0.39, 0.29) is 37.2 Å². The molecule has 0 amide bonds. The Labute approximate surface area is 85.0 Å². The van der Waals surface area contributed by atoms with Gasteiger partial charge in [-0.2, -0.15) is 0 Å². The molecular weight excluding hydrogens is 333 g/mol. The first-order chi connectivity index (χ1) is 2.27. The van der Waals surface area contributed by atoms with Crippen LogP contribution in [0.5, 0.6) is 0 Å². The van der Waals surface area contributed by atoms with Crippen LogP contribution in [0.25, 0.3) is 0 Å². The zero-order valence-corrected chi connectivity index (χ0v) is 11.1. The fourth-order valence-corrected chi connectivity index (χ4v) is 0. The summed E-state index contributed by atoms with van der Waals surface area (Å²) in [4.78, 5) is 0. The van der Waals surface area contributed by atoms with E-state index in [0.717, 1.165) is 5.92 Å². The molecule has 53 valence electrons. The number of hydrogen-bond acceptors (Lipinski definition) is 0. The zero-order chi connectivity index (χ0) is 4.28. The first kappa shape index (κ1) is 22.6. The van der Waals surface area contributed by atoms with E-state index in [2.05, 4.69) is 13.8 Å². The minimum Gasteiger partial charge on any atom is -0.147 e. The van der Waals surface area contributed by atoms with Crippen molar-refractivity contribution in [2.45, 2.75) is 18.0 Å². The molecule has 0 aromatic rings. The fourth-order valence-electron chi connectivity index (χ4n) is 0. The summed E-state index contributed by atoms with van der Waals surface area (Å²) >= 11 is 1.37. The Balaban J connectivity index is -0.0000000267. The summed E-state index contributed by atoms with van der Waals surface area (Å²) < 4.78 is 1.44. The molecule has 0 saturated heterocycles. The Bertz CT molecular complexity index is 25.2. The van der Waals surface area contributed by atoms with E-state index in [1.165, 1.54) is 28.6 Å². The second-order valence-corrected chi connectivity index (χ2v) is 3.06. The minimum absolute atomic E-state index is 0. The van der Waals surface area contributed by atoms with Gasteiger partial charge in [0.25, 0.3) is 0 Å². The van der Waals surface area contributed by atoms with Gasteiger partial charge in [0.2, 0.25) is 0 Å². The second kappa shape index (κ2) is 15.9. The van der Waals surface area contributed by atoms with Crippen LogP contribution in [0, 0.1) is 5.92 Å². The molecule has 0 aromatic carbocycles. The van der Waals surface area contributed by atoms with Crippen LogP contribution in [-0.4, -0.2) is 0 Å². The Kier molecular flexibility index (Phi) is 44.9. The van der Waals surface area contributed by atoms with Crippen molar-refractivity contribution >= 4 is 37.2 Å². The van der Waals surface area contributed by atoms with Crippen molar-refractivity contribution in [1.82, 2.24) is 0 Å². The van der Waals surface area contributed by atoms with Gasteiger partial charge in [-0.25, -0.2) is 0 Å². The fraction of sp³-hybridized carbons (Fsp3) is 1.00. The average molecular weight is 345 g/mol. The molecule has 0 fully saturated rings. The molecule has 0 N–H and O–H groups in total. The van der Waals surface area contributed by atoms with Gasteiger partial charge in [-0.3, -0.25) is 0 Å². The molecule has 0 nitrogen and oxygen atoms in total. The van der Waals surface area contributed by atoms with Crippen LogP contribution in [-0.2, 0) is 24.4 Å². The third-order valence-corrected chi connectivity index (χ3v) is 3.34. The summed E-state index contributed by atoms with van der Waals surface area (Å²) in [6, 6.07) is 0. The monoisotopic (exact) mass is 345 g/mol. The first-order valence-electron chi connectivity index (χ1n) is 1.92. The summed E-state index contributed by atoms with van der Waals surface area (Å²) in [5.74, 6) is 0.946. The van der Waals surface area contributed by atoms with Gasteiger partial charge in [-0.05, 0) is 0 Å². The Morgan fingerprint density at radius 2 is 1.25 bits per heavy atom. The molecule has 8 heavy (non-hydrogen) atoms. The van der Waals surface area contributed by atoms with Gasteiger partial charge < -0.3 is 0 Å². The maximum atomic E-state index is 2.26. The number of halogens is 3. The smallest absolute Gasteiger partial charge is 0.147 e. The molecule has 0 atom stereocenters. The van der Waals surface area contributed by atoms with E-state index in [1.54, 1.807) is 0 Å². The van der Waals surface area contributed by atoms with Crippen LogP contribution in [0.4, 0.5) is 0 Å². The molecule has 0 rings (SSSR count). The van der Waals surface area contributed by atoms with Crippen LogP contribution in [0.2, 0.25) is 4.18 Å². The van der Waals surface area contributed by atoms with Crippen molar-refractivity contribution in [1.29, 1.82) is 0 Å². The summed E-state index contributed by atoms with van der Waals surface area (Å²) in [5, 5.41) is 0. The molecule has 0 saturated carbocycles. The summed E-state index contributed by atoms with van der Waals surface area (Å²) in [5.41, 5.74) is 0. The molecule has 4 heteroatoms.